The van der Waals surface area contributed by atoms with Gasteiger partial charge >= 0.3 is 0 Å². The van der Waals surface area contributed by atoms with Gasteiger partial charge in [-0.05, 0) is 68.8 Å². The number of rotatable bonds is 7. The van der Waals surface area contributed by atoms with Gasteiger partial charge in [-0.15, -0.1) is 11.3 Å². The van der Waals surface area contributed by atoms with Crippen molar-refractivity contribution in [2.45, 2.75) is 51.1 Å². The van der Waals surface area contributed by atoms with Gasteiger partial charge in [0.15, 0.2) is 0 Å². The Bertz CT molecular complexity index is 761. The number of carbonyl (C=O) groups is 2. The van der Waals surface area contributed by atoms with Crippen molar-refractivity contribution in [2.75, 3.05) is 11.9 Å². The van der Waals surface area contributed by atoms with E-state index in [4.69, 9.17) is 0 Å². The third-order valence-electron chi connectivity index (χ3n) is 4.77. The summed E-state index contributed by atoms with van der Waals surface area (Å²) in [4.78, 5) is 26.0. The van der Waals surface area contributed by atoms with Gasteiger partial charge in [0.25, 0.3) is 5.91 Å². The van der Waals surface area contributed by atoms with Crippen molar-refractivity contribution >= 4 is 28.8 Å². The number of nitrogens with one attached hydrogen (secondary N) is 3. The fourth-order valence-corrected chi connectivity index (χ4v) is 4.12. The molecular weight excluding hydrogens is 358 g/mol. The zero-order valence-electron chi connectivity index (χ0n) is 15.7. The van der Waals surface area contributed by atoms with Gasteiger partial charge in [-0.2, -0.15) is 0 Å². The second-order valence-corrected chi connectivity index (χ2v) is 8.14. The second kappa shape index (κ2) is 9.67. The SMILES string of the molecule is CC1CC(NC(=O)c2cccc(NC(=O)CCCc3cccs3)c2)CCN1. The molecule has 1 aromatic carbocycles. The molecule has 1 fully saturated rings. The Kier molecular flexibility index (Phi) is 7.01. The zero-order chi connectivity index (χ0) is 19.1. The van der Waals surface area contributed by atoms with Crippen molar-refractivity contribution in [3.8, 4) is 0 Å². The van der Waals surface area contributed by atoms with Gasteiger partial charge in [0.1, 0.15) is 0 Å². The second-order valence-electron chi connectivity index (χ2n) is 7.11. The highest BCUT2D eigenvalue weighted by Crippen LogP contribution is 2.15. The van der Waals surface area contributed by atoms with Crippen LogP contribution < -0.4 is 16.0 Å². The first-order valence-corrected chi connectivity index (χ1v) is 10.4. The zero-order valence-corrected chi connectivity index (χ0v) is 16.5. The monoisotopic (exact) mass is 385 g/mol. The first kappa shape index (κ1) is 19.6. The van der Waals surface area contributed by atoms with E-state index >= 15 is 0 Å². The number of benzene rings is 1. The van der Waals surface area contributed by atoms with E-state index in [1.165, 1.54) is 4.88 Å². The van der Waals surface area contributed by atoms with Crippen LogP contribution in [0.15, 0.2) is 41.8 Å². The number of thiophene rings is 1. The third-order valence-corrected chi connectivity index (χ3v) is 5.71. The molecule has 3 N–H and O–H groups in total. The lowest BCUT2D eigenvalue weighted by atomic mass is 10.00. The minimum absolute atomic E-state index is 0.0173. The molecule has 0 spiro atoms. The molecule has 2 amide bonds. The molecule has 2 heterocycles. The topological polar surface area (TPSA) is 70.2 Å². The molecular formula is C21H27N3O2S. The van der Waals surface area contributed by atoms with Crippen LogP contribution in [0.5, 0.6) is 0 Å². The van der Waals surface area contributed by atoms with E-state index in [9.17, 15) is 9.59 Å². The summed E-state index contributed by atoms with van der Waals surface area (Å²) in [6.45, 7) is 3.06. The summed E-state index contributed by atoms with van der Waals surface area (Å²) >= 11 is 1.72. The molecule has 1 aromatic heterocycles. The lowest BCUT2D eigenvalue weighted by molar-refractivity contribution is -0.116. The van der Waals surface area contributed by atoms with Crippen molar-refractivity contribution in [1.29, 1.82) is 0 Å². The maximum absolute atomic E-state index is 12.5. The highest BCUT2D eigenvalue weighted by atomic mass is 32.1. The molecule has 27 heavy (non-hydrogen) atoms. The summed E-state index contributed by atoms with van der Waals surface area (Å²) in [5.41, 5.74) is 1.25. The third kappa shape index (κ3) is 6.19. The molecule has 1 aliphatic heterocycles. The van der Waals surface area contributed by atoms with Gasteiger partial charge in [0.2, 0.25) is 5.91 Å². The normalized spacial score (nSPS) is 19.4. The summed E-state index contributed by atoms with van der Waals surface area (Å²) in [5, 5.41) is 11.4. The molecule has 144 valence electrons. The Hall–Kier alpha value is -2.18. The largest absolute Gasteiger partial charge is 0.349 e. The minimum atomic E-state index is -0.0807. The van der Waals surface area contributed by atoms with E-state index in [0.717, 1.165) is 32.2 Å². The summed E-state index contributed by atoms with van der Waals surface area (Å²) < 4.78 is 0. The molecule has 1 saturated heterocycles. The predicted molar refractivity (Wildman–Crippen MR) is 110 cm³/mol. The standard InChI is InChI=1S/C21H27N3O2S/c1-15-13-18(10-11-22-15)24-21(26)16-5-2-6-17(14-16)23-20(25)9-3-7-19-8-4-12-27-19/h2,4-6,8,12,14-15,18,22H,3,7,9-11,13H2,1H3,(H,23,25)(H,24,26). The molecule has 5 nitrogen and oxygen atoms in total. The van der Waals surface area contributed by atoms with Crippen molar-refractivity contribution < 1.29 is 9.59 Å². The summed E-state index contributed by atoms with van der Waals surface area (Å²) in [5.74, 6) is -0.0980. The maximum atomic E-state index is 12.5. The van der Waals surface area contributed by atoms with Crippen molar-refractivity contribution in [3.63, 3.8) is 0 Å². The van der Waals surface area contributed by atoms with E-state index in [1.807, 2.05) is 12.1 Å². The lowest BCUT2D eigenvalue weighted by Crippen LogP contribution is -2.46. The van der Waals surface area contributed by atoms with Gasteiger partial charge < -0.3 is 16.0 Å². The van der Waals surface area contributed by atoms with E-state index in [2.05, 4.69) is 34.3 Å². The molecule has 6 heteroatoms. The molecule has 2 aromatic rings. The highest BCUT2D eigenvalue weighted by Gasteiger charge is 2.20. The number of piperidine rings is 1. The van der Waals surface area contributed by atoms with Crippen LogP contribution in [0.1, 0.15) is 47.8 Å². The fraction of sp³-hybridized carbons (Fsp3) is 0.429. The van der Waals surface area contributed by atoms with Crippen LogP contribution in [0.3, 0.4) is 0 Å². The predicted octanol–water partition coefficient (Wildman–Crippen LogP) is 3.58. The number of hydrogen-bond donors (Lipinski definition) is 3. The molecule has 0 aliphatic carbocycles. The van der Waals surface area contributed by atoms with Crippen LogP contribution in [-0.4, -0.2) is 30.4 Å². The Morgan fingerprint density at radius 2 is 2.15 bits per heavy atom. The van der Waals surface area contributed by atoms with Crippen LogP contribution in [0.2, 0.25) is 0 Å². The van der Waals surface area contributed by atoms with Crippen LogP contribution in [-0.2, 0) is 11.2 Å². The first-order chi connectivity index (χ1) is 13.1. The van der Waals surface area contributed by atoms with Gasteiger partial charge in [-0.25, -0.2) is 0 Å². The molecule has 0 radical (unpaired) electrons. The van der Waals surface area contributed by atoms with Crippen molar-refractivity contribution in [2.24, 2.45) is 0 Å². The van der Waals surface area contributed by atoms with E-state index in [0.29, 0.717) is 23.7 Å². The average molecular weight is 386 g/mol. The number of hydrogen-bond acceptors (Lipinski definition) is 4. The number of aryl methyl sites for hydroxylation is 1. The van der Waals surface area contributed by atoms with Crippen LogP contribution >= 0.6 is 11.3 Å². The van der Waals surface area contributed by atoms with Gasteiger partial charge in [0, 0.05) is 34.6 Å². The molecule has 2 unspecified atom stereocenters. The minimum Gasteiger partial charge on any atom is -0.349 e. The summed E-state index contributed by atoms with van der Waals surface area (Å²) in [6.07, 6.45) is 4.09. The number of amides is 2. The molecule has 0 bridgehead atoms. The Morgan fingerprint density at radius 1 is 1.26 bits per heavy atom. The molecule has 2 atom stereocenters. The highest BCUT2D eigenvalue weighted by molar-refractivity contribution is 7.09. The first-order valence-electron chi connectivity index (χ1n) is 9.56. The quantitative estimate of drug-likeness (QED) is 0.682. The van der Waals surface area contributed by atoms with E-state index in [-0.39, 0.29) is 17.9 Å². The summed E-state index contributed by atoms with van der Waals surface area (Å²) in [7, 11) is 0. The Morgan fingerprint density at radius 3 is 2.93 bits per heavy atom. The van der Waals surface area contributed by atoms with Crippen molar-refractivity contribution in [1.82, 2.24) is 10.6 Å². The number of carbonyl (C=O) groups excluding carboxylic acids is 2. The van der Waals surface area contributed by atoms with Gasteiger partial charge in [-0.3, -0.25) is 9.59 Å². The van der Waals surface area contributed by atoms with Gasteiger partial charge in [-0.1, -0.05) is 12.1 Å². The smallest absolute Gasteiger partial charge is 0.251 e. The van der Waals surface area contributed by atoms with Crippen LogP contribution in [0.4, 0.5) is 5.69 Å². The van der Waals surface area contributed by atoms with Crippen LogP contribution in [0.25, 0.3) is 0 Å². The Balaban J connectivity index is 1.48. The molecule has 0 saturated carbocycles. The van der Waals surface area contributed by atoms with Gasteiger partial charge in [0.05, 0.1) is 0 Å². The molecule has 1 aliphatic rings. The van der Waals surface area contributed by atoms with E-state index < -0.39 is 0 Å². The maximum Gasteiger partial charge on any atom is 0.251 e. The Labute approximate surface area is 164 Å². The number of anilines is 1. The van der Waals surface area contributed by atoms with E-state index in [1.54, 1.807) is 29.5 Å². The average Bonchev–Trinajstić information content (AvgIpc) is 3.15. The fourth-order valence-electron chi connectivity index (χ4n) is 3.37. The lowest BCUT2D eigenvalue weighted by Gasteiger charge is -2.28. The van der Waals surface area contributed by atoms with Crippen molar-refractivity contribution in [3.05, 3.63) is 52.2 Å². The molecule has 3 rings (SSSR count). The summed E-state index contributed by atoms with van der Waals surface area (Å²) in [6, 6.07) is 11.9. The van der Waals surface area contributed by atoms with Crippen LogP contribution in [0, 0.1) is 0 Å².